The molecule has 0 bridgehead atoms. The van der Waals surface area contributed by atoms with Crippen molar-refractivity contribution in [2.24, 2.45) is 0 Å². The van der Waals surface area contributed by atoms with Crippen molar-refractivity contribution in [1.29, 1.82) is 0 Å². The second-order valence-corrected chi connectivity index (χ2v) is 5.98. The molecular weight excluding hydrogens is 322 g/mol. The Hall–Kier alpha value is -2.94. The summed E-state index contributed by atoms with van der Waals surface area (Å²) in [6, 6.07) is 5.56. The molecule has 25 heavy (non-hydrogen) atoms. The maximum Gasteiger partial charge on any atom is 0.241 e. The van der Waals surface area contributed by atoms with E-state index in [1.165, 1.54) is 0 Å². The minimum Gasteiger partial charge on any atom is -0.461 e. The van der Waals surface area contributed by atoms with Crippen molar-refractivity contribution in [3.8, 4) is 11.6 Å². The first-order valence-corrected chi connectivity index (χ1v) is 8.12. The molecule has 9 heteroatoms. The van der Waals surface area contributed by atoms with Gasteiger partial charge in [-0.25, -0.2) is 4.98 Å². The van der Waals surface area contributed by atoms with E-state index in [2.05, 4.69) is 29.9 Å². The Bertz CT molecular complexity index is 818. The average Bonchev–Trinajstić information content (AvgIpc) is 3.26. The lowest BCUT2D eigenvalue weighted by Gasteiger charge is -2.34. The monoisotopic (exact) mass is 341 g/mol. The van der Waals surface area contributed by atoms with Crippen LogP contribution in [-0.2, 0) is 6.54 Å². The lowest BCUT2D eigenvalue weighted by atomic mass is 10.3. The van der Waals surface area contributed by atoms with Gasteiger partial charge in [0.1, 0.15) is 5.82 Å². The van der Waals surface area contributed by atoms with Crippen LogP contribution >= 0.6 is 0 Å². The number of hydrogen-bond donors (Lipinski definition) is 1. The zero-order valence-electron chi connectivity index (χ0n) is 13.9. The SMILES string of the molecule is Cc1cc(N2CCN(Cc3nc(-c4ccco4)no3)CC2)nc(N)n1. The Morgan fingerprint density at radius 3 is 2.72 bits per heavy atom. The van der Waals surface area contributed by atoms with Crippen LogP contribution in [0.4, 0.5) is 11.8 Å². The number of furan rings is 1. The van der Waals surface area contributed by atoms with Gasteiger partial charge in [0.05, 0.1) is 12.8 Å². The molecule has 0 aliphatic carbocycles. The molecule has 0 saturated carbocycles. The van der Waals surface area contributed by atoms with Gasteiger partial charge in [0.15, 0.2) is 5.76 Å². The molecule has 3 aromatic heterocycles. The number of nitrogens with two attached hydrogens (primary N) is 1. The normalized spacial score (nSPS) is 15.6. The van der Waals surface area contributed by atoms with E-state index in [1.54, 1.807) is 12.3 Å². The predicted octanol–water partition coefficient (Wildman–Crippen LogP) is 1.33. The Morgan fingerprint density at radius 1 is 1.16 bits per heavy atom. The predicted molar refractivity (Wildman–Crippen MR) is 90.7 cm³/mol. The molecule has 4 rings (SSSR count). The highest BCUT2D eigenvalue weighted by Gasteiger charge is 2.21. The van der Waals surface area contributed by atoms with Crippen LogP contribution < -0.4 is 10.6 Å². The summed E-state index contributed by atoms with van der Waals surface area (Å²) >= 11 is 0. The summed E-state index contributed by atoms with van der Waals surface area (Å²) in [6.45, 7) is 6.00. The Morgan fingerprint density at radius 2 is 2.00 bits per heavy atom. The van der Waals surface area contributed by atoms with E-state index >= 15 is 0 Å². The number of aromatic nitrogens is 4. The fourth-order valence-corrected chi connectivity index (χ4v) is 2.89. The summed E-state index contributed by atoms with van der Waals surface area (Å²) in [5.41, 5.74) is 6.62. The van der Waals surface area contributed by atoms with E-state index in [4.69, 9.17) is 14.7 Å². The molecule has 1 aliphatic heterocycles. The first kappa shape index (κ1) is 15.6. The first-order chi connectivity index (χ1) is 12.2. The minimum atomic E-state index is 0.314. The van der Waals surface area contributed by atoms with Crippen LogP contribution in [-0.4, -0.2) is 51.2 Å². The van der Waals surface area contributed by atoms with Crippen molar-refractivity contribution in [3.63, 3.8) is 0 Å². The second kappa shape index (κ2) is 6.52. The number of hydrogen-bond acceptors (Lipinski definition) is 9. The first-order valence-electron chi connectivity index (χ1n) is 8.12. The molecule has 0 amide bonds. The van der Waals surface area contributed by atoms with Gasteiger partial charge in [0.2, 0.25) is 17.7 Å². The zero-order valence-corrected chi connectivity index (χ0v) is 13.9. The van der Waals surface area contributed by atoms with Crippen molar-refractivity contribution >= 4 is 11.8 Å². The van der Waals surface area contributed by atoms with Gasteiger partial charge in [-0.3, -0.25) is 4.90 Å². The average molecular weight is 341 g/mol. The van der Waals surface area contributed by atoms with Crippen LogP contribution in [0.3, 0.4) is 0 Å². The van der Waals surface area contributed by atoms with Gasteiger partial charge in [0.25, 0.3) is 0 Å². The molecule has 9 nitrogen and oxygen atoms in total. The van der Waals surface area contributed by atoms with Gasteiger partial charge >= 0.3 is 0 Å². The smallest absolute Gasteiger partial charge is 0.241 e. The van der Waals surface area contributed by atoms with Gasteiger partial charge in [-0.05, 0) is 19.1 Å². The fourth-order valence-electron chi connectivity index (χ4n) is 2.89. The number of nitrogens with zero attached hydrogens (tertiary/aromatic N) is 6. The summed E-state index contributed by atoms with van der Waals surface area (Å²) in [5.74, 6) is 2.86. The quantitative estimate of drug-likeness (QED) is 0.751. The lowest BCUT2D eigenvalue weighted by Crippen LogP contribution is -2.46. The number of piperazine rings is 1. The fraction of sp³-hybridized carbons (Fsp3) is 0.375. The molecule has 3 aromatic rings. The van der Waals surface area contributed by atoms with Crippen LogP contribution in [0, 0.1) is 6.92 Å². The molecule has 0 aromatic carbocycles. The summed E-state index contributed by atoms with van der Waals surface area (Å²) < 4.78 is 10.6. The molecule has 0 unspecified atom stereocenters. The van der Waals surface area contributed by atoms with Gasteiger partial charge in [-0.2, -0.15) is 9.97 Å². The molecule has 0 atom stereocenters. The number of anilines is 2. The molecular formula is C16H19N7O2. The lowest BCUT2D eigenvalue weighted by molar-refractivity contribution is 0.215. The van der Waals surface area contributed by atoms with Crippen molar-refractivity contribution in [3.05, 3.63) is 36.0 Å². The van der Waals surface area contributed by atoms with Crippen molar-refractivity contribution in [2.45, 2.75) is 13.5 Å². The Labute approximate surface area is 144 Å². The van der Waals surface area contributed by atoms with Gasteiger partial charge in [-0.1, -0.05) is 5.16 Å². The molecule has 130 valence electrons. The highest BCUT2D eigenvalue weighted by atomic mass is 16.5. The highest BCUT2D eigenvalue weighted by molar-refractivity contribution is 5.45. The van der Waals surface area contributed by atoms with Crippen LogP contribution in [0.1, 0.15) is 11.6 Å². The molecule has 1 saturated heterocycles. The van der Waals surface area contributed by atoms with Gasteiger partial charge < -0.3 is 19.6 Å². The van der Waals surface area contributed by atoms with Crippen LogP contribution in [0.25, 0.3) is 11.6 Å². The Balaban J connectivity index is 1.36. The molecule has 1 fully saturated rings. The standard InChI is InChI=1S/C16H19N7O2/c1-11-9-13(19-16(17)18-11)23-6-4-22(5-7-23)10-14-20-15(21-25-14)12-3-2-8-24-12/h2-3,8-9H,4-7,10H2,1H3,(H2,17,18,19). The van der Waals surface area contributed by atoms with Crippen molar-refractivity contribution in [2.75, 3.05) is 36.8 Å². The maximum atomic E-state index is 5.74. The zero-order chi connectivity index (χ0) is 17.2. The maximum absolute atomic E-state index is 5.74. The van der Waals surface area contributed by atoms with Crippen LogP contribution in [0.5, 0.6) is 0 Å². The van der Waals surface area contributed by atoms with Gasteiger partial charge in [0, 0.05) is 37.9 Å². The van der Waals surface area contributed by atoms with Gasteiger partial charge in [-0.15, -0.1) is 0 Å². The van der Waals surface area contributed by atoms with Crippen LogP contribution in [0.15, 0.2) is 33.4 Å². The second-order valence-electron chi connectivity index (χ2n) is 5.98. The van der Waals surface area contributed by atoms with Crippen molar-refractivity contribution in [1.82, 2.24) is 25.0 Å². The molecule has 0 radical (unpaired) electrons. The van der Waals surface area contributed by atoms with E-state index in [0.29, 0.717) is 30.0 Å². The molecule has 4 heterocycles. The third-order valence-corrected chi connectivity index (χ3v) is 4.12. The highest BCUT2D eigenvalue weighted by Crippen LogP contribution is 2.19. The van der Waals surface area contributed by atoms with Crippen molar-refractivity contribution < 1.29 is 8.94 Å². The molecule has 0 spiro atoms. The number of nitrogen functional groups attached to an aromatic ring is 1. The number of rotatable bonds is 4. The van der Waals surface area contributed by atoms with Crippen LogP contribution in [0.2, 0.25) is 0 Å². The number of aryl methyl sites for hydroxylation is 1. The summed E-state index contributed by atoms with van der Waals surface area (Å²) in [5, 5.41) is 3.96. The summed E-state index contributed by atoms with van der Waals surface area (Å²) in [4.78, 5) is 17.3. The van der Waals surface area contributed by atoms with E-state index in [0.717, 1.165) is 37.7 Å². The van der Waals surface area contributed by atoms with E-state index in [1.807, 2.05) is 19.1 Å². The Kier molecular flexibility index (Phi) is 4.06. The molecule has 2 N–H and O–H groups in total. The van der Waals surface area contributed by atoms with E-state index < -0.39 is 0 Å². The largest absolute Gasteiger partial charge is 0.461 e. The topological polar surface area (TPSA) is 110 Å². The summed E-state index contributed by atoms with van der Waals surface area (Å²) in [7, 11) is 0. The third kappa shape index (κ3) is 3.45. The third-order valence-electron chi connectivity index (χ3n) is 4.12. The minimum absolute atomic E-state index is 0.314. The van der Waals surface area contributed by atoms with E-state index in [-0.39, 0.29) is 0 Å². The summed E-state index contributed by atoms with van der Waals surface area (Å²) in [6.07, 6.45) is 1.59. The van der Waals surface area contributed by atoms with E-state index in [9.17, 15) is 0 Å². The molecule has 1 aliphatic rings.